The van der Waals surface area contributed by atoms with Gasteiger partial charge in [-0.25, -0.2) is 0 Å². The number of nitrogens with zero attached hydrogens (tertiary/aromatic N) is 2. The lowest BCUT2D eigenvalue weighted by molar-refractivity contribution is -0.286. The first-order valence-corrected chi connectivity index (χ1v) is 27.8. The molecule has 20 unspecified atom stereocenters. The van der Waals surface area contributed by atoms with E-state index in [2.05, 4.69) is 81.7 Å². The summed E-state index contributed by atoms with van der Waals surface area (Å²) in [6, 6.07) is 16.3. The first-order chi connectivity index (χ1) is 28.0. The molecule has 7 saturated carbocycles. The number of benzene rings is 1. The summed E-state index contributed by atoms with van der Waals surface area (Å²) in [5, 5.41) is 1.85. The molecule has 5 saturated heterocycles. The molecule has 0 radical (unpaired) electrons. The molecule has 58 heavy (non-hydrogen) atoms. The van der Waals surface area contributed by atoms with Gasteiger partial charge in [-0.3, -0.25) is 9.80 Å². The highest BCUT2D eigenvalue weighted by Crippen LogP contribution is 2.74. The largest absolute Gasteiger partial charge is 0.375 e. The van der Waals surface area contributed by atoms with Crippen molar-refractivity contribution in [3.8, 4) is 0 Å². The second-order valence-corrected chi connectivity index (χ2v) is 29.8. The van der Waals surface area contributed by atoms with E-state index in [0.29, 0.717) is 100 Å². The Morgan fingerprint density at radius 1 is 0.466 bits per heavy atom. The number of morpholine rings is 2. The van der Waals surface area contributed by atoms with Crippen molar-refractivity contribution in [2.75, 3.05) is 0 Å². The van der Waals surface area contributed by atoms with Crippen LogP contribution in [0.4, 0.5) is 0 Å². The van der Waals surface area contributed by atoms with Gasteiger partial charge in [-0.1, -0.05) is 116 Å². The van der Waals surface area contributed by atoms with E-state index in [1.165, 1.54) is 103 Å². The van der Waals surface area contributed by atoms with Crippen LogP contribution in [0, 0.1) is 46.3 Å². The SMILES string of the molecule is CC(C)(C)C1CCC2C(C1)OC1CC3OC4CC(C(C)(C)C)CCC4N4C5C6CCCCC6CC6OC7CC8CCCCC8C8C7[Si](c7ccccc7)(C65)C(C1N28)C34. The Bertz CT molecular complexity index is 1640. The molecular weight excluding hydrogens is 729 g/mol. The van der Waals surface area contributed by atoms with Crippen LogP contribution in [0.25, 0.3) is 0 Å². The molecule has 0 amide bonds. The first kappa shape index (κ1) is 37.8. The summed E-state index contributed by atoms with van der Waals surface area (Å²) < 4.78 is 24.0. The van der Waals surface area contributed by atoms with E-state index in [4.69, 9.17) is 14.2 Å². The highest BCUT2D eigenvalue weighted by atomic mass is 28.3. The Kier molecular flexibility index (Phi) is 8.56. The fourth-order valence-electron chi connectivity index (χ4n) is 19.6. The molecule has 20 atom stereocenters. The lowest BCUT2D eigenvalue weighted by Crippen LogP contribution is -2.92. The number of hydrogen-bond acceptors (Lipinski definition) is 5. The lowest BCUT2D eigenvalue weighted by atomic mass is 9.61. The van der Waals surface area contributed by atoms with Gasteiger partial charge >= 0.3 is 0 Å². The van der Waals surface area contributed by atoms with E-state index in [1.54, 1.807) is 0 Å². The fourth-order valence-corrected chi connectivity index (χ4v) is 28.3. The molecule has 12 aliphatic rings. The Balaban J connectivity index is 1.05. The Morgan fingerprint density at radius 2 is 0.931 bits per heavy atom. The van der Waals surface area contributed by atoms with Crippen molar-refractivity contribution in [2.45, 2.75) is 240 Å². The van der Waals surface area contributed by atoms with E-state index in [1.807, 2.05) is 5.19 Å². The molecule has 7 aliphatic carbocycles. The second kappa shape index (κ2) is 13.1. The number of ether oxygens (including phenoxy) is 3. The van der Waals surface area contributed by atoms with Crippen LogP contribution < -0.4 is 5.19 Å². The first-order valence-electron chi connectivity index (χ1n) is 25.6. The maximum Gasteiger partial charge on any atom is 0.107 e. The standard InChI is InChI=1S/C52H78N2O3Si/c1-51(2,3)31-20-22-36-38(26-31)55-40-28-41-47-50-46(40)53(36)44-34-18-12-10-14-29(34)24-42-48(44)58(50,33-16-8-7-9-17-33)49-43(57-42)25-30-15-11-13-19-35(30)45(49)54(47)37-23-21-32(52(4,5)6)27-39(37)56-41/h7-9,16-17,29-32,34-50H,10-15,18-28H2,1-6H3. The normalized spacial score (nSPS) is 55.5. The topological polar surface area (TPSA) is 34.2 Å². The van der Waals surface area contributed by atoms with Crippen molar-refractivity contribution >= 4 is 13.3 Å². The molecule has 1 aromatic rings. The van der Waals surface area contributed by atoms with Gasteiger partial charge in [-0.05, 0) is 116 Å². The summed E-state index contributed by atoms with van der Waals surface area (Å²) in [5.41, 5.74) is 2.74. The zero-order chi connectivity index (χ0) is 39.0. The maximum absolute atomic E-state index is 8.14. The highest BCUT2D eigenvalue weighted by Gasteiger charge is 2.82. The van der Waals surface area contributed by atoms with Crippen LogP contribution in [0.1, 0.15) is 151 Å². The van der Waals surface area contributed by atoms with E-state index >= 15 is 0 Å². The Morgan fingerprint density at radius 3 is 1.41 bits per heavy atom. The molecule has 318 valence electrons. The van der Waals surface area contributed by atoms with Gasteiger partial charge in [-0.2, -0.15) is 0 Å². The average molecular weight is 807 g/mol. The van der Waals surface area contributed by atoms with Crippen molar-refractivity contribution in [1.82, 2.24) is 9.80 Å². The third kappa shape index (κ3) is 5.06. The summed E-state index contributed by atoms with van der Waals surface area (Å²) in [5.74, 6) is 4.84. The predicted molar refractivity (Wildman–Crippen MR) is 234 cm³/mol. The van der Waals surface area contributed by atoms with E-state index in [0.717, 1.165) is 41.9 Å². The molecule has 0 spiro atoms. The third-order valence-electron chi connectivity index (χ3n) is 21.5. The molecule has 5 aliphatic heterocycles. The summed E-state index contributed by atoms with van der Waals surface area (Å²) in [6.07, 6.45) is 25.5. The molecular formula is C52H78N2O3Si. The van der Waals surface area contributed by atoms with Crippen molar-refractivity contribution < 1.29 is 14.2 Å². The maximum atomic E-state index is 8.14. The van der Waals surface area contributed by atoms with Gasteiger partial charge in [0.15, 0.2) is 0 Å². The smallest absolute Gasteiger partial charge is 0.107 e. The average Bonchev–Trinajstić information content (AvgIpc) is 3.21. The monoisotopic (exact) mass is 807 g/mol. The summed E-state index contributed by atoms with van der Waals surface area (Å²) in [7, 11) is -2.36. The van der Waals surface area contributed by atoms with Crippen LogP contribution >= 0.6 is 0 Å². The van der Waals surface area contributed by atoms with Crippen LogP contribution in [0.15, 0.2) is 30.3 Å². The molecule has 1 aromatic carbocycles. The molecule has 6 heteroatoms. The number of fused-ring (bicyclic) bond motifs is 10. The van der Waals surface area contributed by atoms with Crippen molar-refractivity contribution in [3.63, 3.8) is 0 Å². The van der Waals surface area contributed by atoms with Crippen LogP contribution in [0.5, 0.6) is 0 Å². The molecule has 0 aromatic heterocycles. The molecule has 13 rings (SSSR count). The van der Waals surface area contributed by atoms with Gasteiger partial charge in [0.25, 0.3) is 0 Å². The minimum absolute atomic E-state index is 0.298. The number of hydrogen-bond donors (Lipinski definition) is 0. The van der Waals surface area contributed by atoms with Crippen molar-refractivity contribution in [3.05, 3.63) is 30.3 Å². The fraction of sp³-hybridized carbons (Fsp3) is 0.885. The van der Waals surface area contributed by atoms with Crippen molar-refractivity contribution in [1.29, 1.82) is 0 Å². The Labute approximate surface area is 352 Å². The quantitative estimate of drug-likeness (QED) is 0.264. The van der Waals surface area contributed by atoms with Crippen LogP contribution in [0.3, 0.4) is 0 Å². The van der Waals surface area contributed by atoms with E-state index in [9.17, 15) is 0 Å². The zero-order valence-electron chi connectivity index (χ0n) is 37.2. The Hall–Kier alpha value is -0.763. The van der Waals surface area contributed by atoms with Gasteiger partial charge in [0.2, 0.25) is 0 Å². The van der Waals surface area contributed by atoms with Crippen molar-refractivity contribution in [2.24, 2.45) is 46.3 Å². The summed E-state index contributed by atoms with van der Waals surface area (Å²) >= 11 is 0. The lowest BCUT2D eigenvalue weighted by Gasteiger charge is -2.81. The predicted octanol–water partition coefficient (Wildman–Crippen LogP) is 10.1. The van der Waals surface area contributed by atoms with Crippen LogP contribution in [-0.4, -0.2) is 90.7 Å². The molecule has 0 N–H and O–H groups in total. The summed E-state index contributed by atoms with van der Waals surface area (Å²) in [6.45, 7) is 15.1. The van der Waals surface area contributed by atoms with Gasteiger partial charge in [-0.15, -0.1) is 0 Å². The molecule has 12 fully saturated rings. The van der Waals surface area contributed by atoms with Crippen LogP contribution in [0.2, 0.25) is 16.6 Å². The van der Waals surface area contributed by atoms with Gasteiger partial charge in [0.05, 0.1) is 36.6 Å². The van der Waals surface area contributed by atoms with E-state index < -0.39 is 8.07 Å². The molecule has 5 nitrogen and oxygen atoms in total. The summed E-state index contributed by atoms with van der Waals surface area (Å²) in [4.78, 5) is 6.84. The third-order valence-corrected chi connectivity index (χ3v) is 28.2. The van der Waals surface area contributed by atoms with Crippen LogP contribution in [-0.2, 0) is 14.2 Å². The van der Waals surface area contributed by atoms with E-state index in [-0.39, 0.29) is 0 Å². The molecule has 0 bridgehead atoms. The highest BCUT2D eigenvalue weighted by molar-refractivity contribution is 6.96. The minimum atomic E-state index is -2.36. The van der Waals surface area contributed by atoms with Gasteiger partial charge in [0, 0.05) is 53.8 Å². The van der Waals surface area contributed by atoms with Gasteiger partial charge < -0.3 is 14.2 Å². The zero-order valence-corrected chi connectivity index (χ0v) is 38.2. The second-order valence-electron chi connectivity index (χ2n) is 25.4. The number of rotatable bonds is 1. The molecule has 5 heterocycles. The minimum Gasteiger partial charge on any atom is -0.375 e. The van der Waals surface area contributed by atoms with Gasteiger partial charge in [0.1, 0.15) is 8.07 Å².